The molecule has 1 heterocycles. The molecule has 0 bridgehead atoms. The topological polar surface area (TPSA) is 104 Å². The SMILES string of the molecule is CC1=C([N+](=O)[O-])C(C(=O)O)NN1. The second-order valence-electron chi connectivity index (χ2n) is 2.31. The number of hydrogen-bond acceptors (Lipinski definition) is 5. The molecule has 1 atom stereocenters. The van der Waals surface area contributed by atoms with Gasteiger partial charge in [-0.05, 0) is 6.92 Å². The molecule has 66 valence electrons. The van der Waals surface area contributed by atoms with E-state index in [1.54, 1.807) is 0 Å². The van der Waals surface area contributed by atoms with Crippen LogP contribution in [0.1, 0.15) is 6.92 Å². The van der Waals surface area contributed by atoms with Crippen LogP contribution in [0.2, 0.25) is 0 Å². The number of nitrogens with zero attached hydrogens (tertiary/aromatic N) is 1. The molecular weight excluding hydrogens is 166 g/mol. The van der Waals surface area contributed by atoms with Crippen LogP contribution >= 0.6 is 0 Å². The summed E-state index contributed by atoms with van der Waals surface area (Å²) in [6.45, 7) is 1.44. The van der Waals surface area contributed by atoms with Gasteiger partial charge in [-0.3, -0.25) is 10.1 Å². The molecule has 1 aliphatic rings. The summed E-state index contributed by atoms with van der Waals surface area (Å²) in [6, 6.07) is -1.26. The van der Waals surface area contributed by atoms with Crippen molar-refractivity contribution in [2.75, 3.05) is 0 Å². The maximum atomic E-state index is 10.4. The Bertz CT molecular complexity index is 272. The second kappa shape index (κ2) is 2.78. The Morgan fingerprint density at radius 2 is 2.33 bits per heavy atom. The number of nitro groups is 1. The summed E-state index contributed by atoms with van der Waals surface area (Å²) in [5.74, 6) is -1.27. The molecule has 12 heavy (non-hydrogen) atoms. The van der Waals surface area contributed by atoms with E-state index in [-0.39, 0.29) is 11.4 Å². The van der Waals surface area contributed by atoms with Gasteiger partial charge in [0.05, 0.1) is 10.6 Å². The zero-order valence-corrected chi connectivity index (χ0v) is 6.20. The Balaban J connectivity index is 2.97. The molecule has 3 N–H and O–H groups in total. The number of carbonyl (C=O) groups is 1. The van der Waals surface area contributed by atoms with Gasteiger partial charge in [0.2, 0.25) is 6.04 Å². The van der Waals surface area contributed by atoms with Gasteiger partial charge in [0.1, 0.15) is 0 Å². The minimum atomic E-state index is -1.27. The smallest absolute Gasteiger partial charge is 0.333 e. The second-order valence-corrected chi connectivity index (χ2v) is 2.31. The molecule has 1 rings (SSSR count). The van der Waals surface area contributed by atoms with Crippen LogP contribution in [0.4, 0.5) is 0 Å². The summed E-state index contributed by atoms with van der Waals surface area (Å²) < 4.78 is 0. The molecular formula is C5H7N3O4. The van der Waals surface area contributed by atoms with E-state index in [0.717, 1.165) is 0 Å². The zero-order chi connectivity index (χ0) is 9.30. The summed E-state index contributed by atoms with van der Waals surface area (Å²) in [5, 5.41) is 18.8. The monoisotopic (exact) mass is 173 g/mol. The number of allylic oxidation sites excluding steroid dienone is 1. The lowest BCUT2D eigenvalue weighted by Gasteiger charge is -2.01. The average Bonchev–Trinajstić information content (AvgIpc) is 2.30. The molecule has 0 radical (unpaired) electrons. The van der Waals surface area contributed by atoms with E-state index in [1.165, 1.54) is 6.92 Å². The highest BCUT2D eigenvalue weighted by molar-refractivity contribution is 5.77. The zero-order valence-electron chi connectivity index (χ0n) is 6.20. The van der Waals surface area contributed by atoms with Crippen molar-refractivity contribution in [3.8, 4) is 0 Å². The van der Waals surface area contributed by atoms with Crippen molar-refractivity contribution in [1.82, 2.24) is 10.9 Å². The van der Waals surface area contributed by atoms with Crippen molar-refractivity contribution in [2.24, 2.45) is 0 Å². The predicted octanol–water partition coefficient (Wildman–Crippen LogP) is -0.944. The summed E-state index contributed by atoms with van der Waals surface area (Å²) in [4.78, 5) is 20.0. The van der Waals surface area contributed by atoms with Crippen LogP contribution in [0, 0.1) is 10.1 Å². The van der Waals surface area contributed by atoms with Gasteiger partial charge < -0.3 is 10.5 Å². The molecule has 0 aromatic rings. The van der Waals surface area contributed by atoms with Gasteiger partial charge in [-0.15, -0.1) is 0 Å². The maximum Gasteiger partial charge on any atom is 0.333 e. The average molecular weight is 173 g/mol. The van der Waals surface area contributed by atoms with Crippen LogP contribution in [-0.2, 0) is 4.79 Å². The van der Waals surface area contributed by atoms with Gasteiger partial charge in [-0.25, -0.2) is 10.2 Å². The van der Waals surface area contributed by atoms with Crippen LogP contribution in [0.5, 0.6) is 0 Å². The van der Waals surface area contributed by atoms with E-state index in [1.807, 2.05) is 0 Å². The van der Waals surface area contributed by atoms with Crippen molar-refractivity contribution in [1.29, 1.82) is 0 Å². The molecule has 0 aliphatic carbocycles. The molecule has 0 saturated heterocycles. The molecule has 7 nitrogen and oxygen atoms in total. The Morgan fingerprint density at radius 1 is 1.75 bits per heavy atom. The molecule has 0 amide bonds. The van der Waals surface area contributed by atoms with E-state index in [4.69, 9.17) is 5.11 Å². The predicted molar refractivity (Wildman–Crippen MR) is 37.4 cm³/mol. The number of nitrogens with one attached hydrogen (secondary N) is 2. The highest BCUT2D eigenvalue weighted by Gasteiger charge is 2.38. The van der Waals surface area contributed by atoms with Gasteiger partial charge in [0, 0.05) is 0 Å². The van der Waals surface area contributed by atoms with E-state index < -0.39 is 16.9 Å². The van der Waals surface area contributed by atoms with Crippen LogP contribution in [0.3, 0.4) is 0 Å². The molecule has 1 aliphatic heterocycles. The number of hydrogen-bond donors (Lipinski definition) is 3. The van der Waals surface area contributed by atoms with Crippen LogP contribution in [0.15, 0.2) is 11.4 Å². The summed E-state index contributed by atoms with van der Waals surface area (Å²) in [5.41, 5.74) is 4.55. The van der Waals surface area contributed by atoms with Gasteiger partial charge in [0.15, 0.2) is 0 Å². The summed E-state index contributed by atoms with van der Waals surface area (Å²) >= 11 is 0. The van der Waals surface area contributed by atoms with E-state index in [0.29, 0.717) is 0 Å². The number of hydrazine groups is 1. The lowest BCUT2D eigenvalue weighted by molar-refractivity contribution is -0.428. The van der Waals surface area contributed by atoms with Gasteiger partial charge in [-0.1, -0.05) is 0 Å². The first-order chi connectivity index (χ1) is 5.54. The Hall–Kier alpha value is -1.63. The van der Waals surface area contributed by atoms with Crippen molar-refractivity contribution >= 4 is 5.97 Å². The van der Waals surface area contributed by atoms with Crippen LogP contribution in [0.25, 0.3) is 0 Å². The van der Waals surface area contributed by atoms with Gasteiger partial charge in [0.25, 0.3) is 5.70 Å². The van der Waals surface area contributed by atoms with Crippen molar-refractivity contribution < 1.29 is 14.8 Å². The molecule has 1 unspecified atom stereocenters. The maximum absolute atomic E-state index is 10.4. The number of carboxylic acid groups (broad SMARTS) is 1. The lowest BCUT2D eigenvalue weighted by Crippen LogP contribution is -2.39. The fourth-order valence-corrected chi connectivity index (χ4v) is 0.950. The molecule has 0 saturated carbocycles. The first kappa shape index (κ1) is 8.47. The van der Waals surface area contributed by atoms with Crippen LogP contribution < -0.4 is 10.9 Å². The summed E-state index contributed by atoms with van der Waals surface area (Å²) in [6.07, 6.45) is 0. The fraction of sp³-hybridized carbons (Fsp3) is 0.400. The molecule has 0 fully saturated rings. The number of rotatable bonds is 2. The Kier molecular flexibility index (Phi) is 1.96. The normalized spacial score (nSPS) is 22.2. The molecule has 0 aromatic heterocycles. The number of carboxylic acids is 1. The third-order valence-electron chi connectivity index (χ3n) is 1.51. The number of aliphatic carboxylic acids is 1. The minimum absolute atomic E-state index is 0.229. The van der Waals surface area contributed by atoms with E-state index >= 15 is 0 Å². The largest absolute Gasteiger partial charge is 0.480 e. The fourth-order valence-electron chi connectivity index (χ4n) is 0.950. The Labute approximate surface area is 67.2 Å². The van der Waals surface area contributed by atoms with Crippen molar-refractivity contribution in [2.45, 2.75) is 13.0 Å². The standard InChI is InChI=1S/C5H7N3O4/c1-2-4(8(11)12)3(5(9)10)7-6-2/h3,6-7H,1H3,(H,9,10). The molecule has 7 heteroatoms. The van der Waals surface area contributed by atoms with Crippen molar-refractivity contribution in [3.05, 3.63) is 21.5 Å². The van der Waals surface area contributed by atoms with Crippen molar-refractivity contribution in [3.63, 3.8) is 0 Å². The quantitative estimate of drug-likeness (QED) is 0.367. The molecule has 0 aromatic carbocycles. The minimum Gasteiger partial charge on any atom is -0.480 e. The van der Waals surface area contributed by atoms with E-state index in [9.17, 15) is 14.9 Å². The first-order valence-electron chi connectivity index (χ1n) is 3.13. The Morgan fingerprint density at radius 3 is 2.67 bits per heavy atom. The van der Waals surface area contributed by atoms with Gasteiger partial charge >= 0.3 is 5.97 Å². The first-order valence-corrected chi connectivity index (χ1v) is 3.13. The highest BCUT2D eigenvalue weighted by Crippen LogP contribution is 2.12. The summed E-state index contributed by atoms with van der Waals surface area (Å²) in [7, 11) is 0. The molecule has 0 spiro atoms. The van der Waals surface area contributed by atoms with E-state index in [2.05, 4.69) is 10.9 Å². The lowest BCUT2D eigenvalue weighted by atomic mass is 10.2. The highest BCUT2D eigenvalue weighted by atomic mass is 16.6. The van der Waals surface area contributed by atoms with Gasteiger partial charge in [-0.2, -0.15) is 0 Å². The third kappa shape index (κ3) is 1.21. The third-order valence-corrected chi connectivity index (χ3v) is 1.51. The van der Waals surface area contributed by atoms with Crippen LogP contribution in [-0.4, -0.2) is 22.0 Å².